The van der Waals surface area contributed by atoms with Gasteiger partial charge in [0, 0.05) is 32.2 Å². The topological polar surface area (TPSA) is 108 Å². The van der Waals surface area contributed by atoms with Gasteiger partial charge in [0.2, 0.25) is 10.0 Å². The van der Waals surface area contributed by atoms with Gasteiger partial charge in [0.15, 0.2) is 0 Å². The summed E-state index contributed by atoms with van der Waals surface area (Å²) in [7, 11) is -3.34. The van der Waals surface area contributed by atoms with Crippen LogP contribution in [-0.2, 0) is 22.3 Å². The van der Waals surface area contributed by atoms with Crippen LogP contribution in [0.3, 0.4) is 0 Å². The Labute approximate surface area is 122 Å². The fourth-order valence-electron chi connectivity index (χ4n) is 2.27. The quantitative estimate of drug-likeness (QED) is 0.788. The summed E-state index contributed by atoms with van der Waals surface area (Å²) in [6, 6.07) is 1.57. The second kappa shape index (κ2) is 5.92. The van der Waals surface area contributed by atoms with E-state index >= 15 is 0 Å². The van der Waals surface area contributed by atoms with Crippen molar-refractivity contribution in [2.24, 2.45) is 0 Å². The van der Waals surface area contributed by atoms with Crippen molar-refractivity contribution in [3.8, 4) is 0 Å². The van der Waals surface area contributed by atoms with Gasteiger partial charge in [-0.3, -0.25) is 10.00 Å². The van der Waals surface area contributed by atoms with Crippen molar-refractivity contribution in [1.82, 2.24) is 29.5 Å². The number of rotatable bonds is 5. The number of sulfonamides is 1. The summed E-state index contributed by atoms with van der Waals surface area (Å²) in [6.07, 6.45) is 2.84. The molecule has 0 atom stereocenters. The standard InChI is InChI=1S/C11H16N6O3S/c18-21(19,8-10-1-6-20-15-10)17-4-2-16(3-5-17)7-11-12-9-13-14-11/h1,6,9H,2-5,7-8H2,(H,12,13,14). The Morgan fingerprint density at radius 2 is 2.10 bits per heavy atom. The lowest BCUT2D eigenvalue weighted by molar-refractivity contribution is 0.178. The maximum Gasteiger partial charge on any atom is 0.220 e. The average molecular weight is 312 g/mol. The maximum absolute atomic E-state index is 12.3. The van der Waals surface area contributed by atoms with Gasteiger partial charge in [0.1, 0.15) is 24.2 Å². The maximum atomic E-state index is 12.3. The third-order valence-corrected chi connectivity index (χ3v) is 5.20. The van der Waals surface area contributed by atoms with Crippen molar-refractivity contribution >= 4 is 10.0 Å². The first-order chi connectivity index (χ1) is 10.1. The van der Waals surface area contributed by atoms with Gasteiger partial charge in [0.05, 0.1) is 12.2 Å². The molecule has 3 rings (SSSR count). The number of aromatic amines is 1. The van der Waals surface area contributed by atoms with E-state index in [4.69, 9.17) is 0 Å². The van der Waals surface area contributed by atoms with Gasteiger partial charge in [-0.1, -0.05) is 5.16 Å². The molecule has 2 aromatic rings. The number of H-pyrrole nitrogens is 1. The lowest BCUT2D eigenvalue weighted by Crippen LogP contribution is -2.48. The molecule has 0 unspecified atom stereocenters. The summed E-state index contributed by atoms with van der Waals surface area (Å²) in [5, 5.41) is 10.3. The van der Waals surface area contributed by atoms with Gasteiger partial charge in [-0.2, -0.15) is 9.40 Å². The smallest absolute Gasteiger partial charge is 0.220 e. The van der Waals surface area contributed by atoms with Crippen LogP contribution in [0.5, 0.6) is 0 Å². The average Bonchev–Trinajstić information content (AvgIpc) is 3.13. The van der Waals surface area contributed by atoms with Gasteiger partial charge >= 0.3 is 0 Å². The highest BCUT2D eigenvalue weighted by Gasteiger charge is 2.28. The van der Waals surface area contributed by atoms with E-state index in [9.17, 15) is 8.42 Å². The highest BCUT2D eigenvalue weighted by Crippen LogP contribution is 2.13. The number of hydrogen-bond donors (Lipinski definition) is 1. The van der Waals surface area contributed by atoms with Crippen molar-refractivity contribution in [3.63, 3.8) is 0 Å². The first-order valence-corrected chi connectivity index (χ1v) is 8.18. The predicted molar refractivity (Wildman–Crippen MR) is 72.4 cm³/mol. The summed E-state index contributed by atoms with van der Waals surface area (Å²) in [5.74, 6) is 0.667. The van der Waals surface area contributed by atoms with E-state index in [2.05, 4.69) is 29.8 Å². The van der Waals surface area contributed by atoms with Crippen LogP contribution in [0.25, 0.3) is 0 Å². The Hall–Kier alpha value is -1.78. The minimum atomic E-state index is -3.34. The molecule has 0 radical (unpaired) electrons. The molecule has 114 valence electrons. The van der Waals surface area contributed by atoms with Gasteiger partial charge in [-0.05, 0) is 0 Å². The van der Waals surface area contributed by atoms with E-state index in [1.807, 2.05) is 0 Å². The van der Waals surface area contributed by atoms with Crippen LogP contribution in [0.4, 0.5) is 0 Å². The number of aromatic nitrogens is 4. The zero-order valence-electron chi connectivity index (χ0n) is 11.3. The molecule has 0 aliphatic carbocycles. The zero-order valence-corrected chi connectivity index (χ0v) is 12.2. The largest absolute Gasteiger partial charge is 0.364 e. The molecule has 9 nitrogen and oxygen atoms in total. The molecule has 21 heavy (non-hydrogen) atoms. The molecule has 1 aliphatic heterocycles. The summed E-state index contributed by atoms with van der Waals surface area (Å²) < 4.78 is 30.7. The molecular formula is C11H16N6O3S. The molecule has 0 spiro atoms. The molecule has 0 saturated carbocycles. The summed E-state index contributed by atoms with van der Waals surface area (Å²) in [5.41, 5.74) is 0.430. The molecule has 2 aromatic heterocycles. The van der Waals surface area contributed by atoms with E-state index in [0.29, 0.717) is 38.4 Å². The molecule has 10 heteroatoms. The summed E-state index contributed by atoms with van der Waals surface area (Å²) in [4.78, 5) is 6.21. The molecule has 1 fully saturated rings. The number of hydrogen-bond acceptors (Lipinski definition) is 7. The van der Waals surface area contributed by atoms with Crippen molar-refractivity contribution in [3.05, 3.63) is 30.2 Å². The molecule has 0 aromatic carbocycles. The Balaban J connectivity index is 1.55. The van der Waals surface area contributed by atoms with Crippen LogP contribution >= 0.6 is 0 Å². The second-order valence-corrected chi connectivity index (χ2v) is 6.82. The summed E-state index contributed by atoms with van der Waals surface area (Å²) >= 11 is 0. The molecule has 1 saturated heterocycles. The fraction of sp³-hybridized carbons (Fsp3) is 0.545. The van der Waals surface area contributed by atoms with Crippen LogP contribution in [0, 0.1) is 0 Å². The van der Waals surface area contributed by atoms with Gasteiger partial charge in [-0.25, -0.2) is 13.4 Å². The van der Waals surface area contributed by atoms with Crippen LogP contribution in [0.2, 0.25) is 0 Å². The Bertz CT molecular complexity index is 646. The summed E-state index contributed by atoms with van der Waals surface area (Å²) in [6.45, 7) is 2.91. The van der Waals surface area contributed by atoms with Gasteiger partial charge < -0.3 is 4.52 Å². The van der Waals surface area contributed by atoms with Gasteiger partial charge in [0.25, 0.3) is 0 Å². The van der Waals surface area contributed by atoms with Crippen molar-refractivity contribution < 1.29 is 12.9 Å². The van der Waals surface area contributed by atoms with Crippen molar-refractivity contribution in [2.75, 3.05) is 26.2 Å². The van der Waals surface area contributed by atoms with E-state index in [-0.39, 0.29) is 5.75 Å². The third-order valence-electron chi connectivity index (χ3n) is 3.38. The lowest BCUT2D eigenvalue weighted by Gasteiger charge is -2.33. The molecule has 0 bridgehead atoms. The molecular weight excluding hydrogens is 296 g/mol. The van der Waals surface area contributed by atoms with Crippen molar-refractivity contribution in [1.29, 1.82) is 0 Å². The van der Waals surface area contributed by atoms with Gasteiger partial charge in [-0.15, -0.1) is 0 Å². The second-order valence-electron chi connectivity index (χ2n) is 4.85. The Morgan fingerprint density at radius 1 is 1.29 bits per heavy atom. The number of nitrogens with zero attached hydrogens (tertiary/aromatic N) is 5. The minimum Gasteiger partial charge on any atom is -0.364 e. The molecule has 0 amide bonds. The van der Waals surface area contributed by atoms with Crippen LogP contribution in [-0.4, -0.2) is 64.1 Å². The van der Waals surface area contributed by atoms with Crippen LogP contribution < -0.4 is 0 Å². The fourth-order valence-corrected chi connectivity index (χ4v) is 3.70. The lowest BCUT2D eigenvalue weighted by atomic mass is 10.3. The molecule has 1 aliphatic rings. The highest BCUT2D eigenvalue weighted by atomic mass is 32.2. The van der Waals surface area contributed by atoms with E-state index in [1.54, 1.807) is 6.07 Å². The predicted octanol–water partition coefficient (Wildman–Crippen LogP) is -0.560. The van der Waals surface area contributed by atoms with Crippen LogP contribution in [0.1, 0.15) is 11.5 Å². The SMILES string of the molecule is O=S(=O)(Cc1ccon1)N1CCN(Cc2ncn[nH]2)CC1. The van der Waals surface area contributed by atoms with E-state index in [1.165, 1.54) is 16.9 Å². The van der Waals surface area contributed by atoms with E-state index in [0.717, 1.165) is 5.82 Å². The number of piperazine rings is 1. The van der Waals surface area contributed by atoms with Crippen molar-refractivity contribution in [2.45, 2.75) is 12.3 Å². The third kappa shape index (κ3) is 3.46. The first-order valence-electron chi connectivity index (χ1n) is 6.57. The first kappa shape index (κ1) is 14.2. The number of nitrogens with one attached hydrogen (secondary N) is 1. The highest BCUT2D eigenvalue weighted by molar-refractivity contribution is 7.88. The Kier molecular flexibility index (Phi) is 3.99. The minimum absolute atomic E-state index is 0.119. The molecule has 3 heterocycles. The zero-order chi connectivity index (χ0) is 14.7. The monoisotopic (exact) mass is 312 g/mol. The Morgan fingerprint density at radius 3 is 2.71 bits per heavy atom. The van der Waals surface area contributed by atoms with Crippen LogP contribution in [0.15, 0.2) is 23.2 Å². The molecule has 1 N–H and O–H groups in total. The van der Waals surface area contributed by atoms with E-state index < -0.39 is 10.0 Å². The normalized spacial score (nSPS) is 18.1.